The molecule has 2 heterocycles. The number of amides is 1. The third-order valence-electron chi connectivity index (χ3n) is 5.52. The Kier molecular flexibility index (Phi) is 7.25. The number of H-pyrrole nitrogens is 1. The second-order valence-corrected chi connectivity index (χ2v) is 7.64. The summed E-state index contributed by atoms with van der Waals surface area (Å²) in [6.45, 7) is 7.59. The highest BCUT2D eigenvalue weighted by Crippen LogP contribution is 2.30. The van der Waals surface area contributed by atoms with Crippen LogP contribution < -0.4 is 10.0 Å². The molecule has 2 N–H and O–H groups in total. The van der Waals surface area contributed by atoms with E-state index in [0.717, 1.165) is 46.1 Å². The number of rotatable bonds is 4. The Hall–Kier alpha value is -3.12. The van der Waals surface area contributed by atoms with Crippen molar-refractivity contribution in [1.29, 1.82) is 0 Å². The molecule has 30 heavy (non-hydrogen) atoms. The van der Waals surface area contributed by atoms with Gasteiger partial charge in [0, 0.05) is 35.9 Å². The molecule has 1 saturated heterocycles. The topological polar surface area (TPSA) is 80.7 Å². The zero-order valence-corrected chi connectivity index (χ0v) is 17.6. The summed E-state index contributed by atoms with van der Waals surface area (Å²) in [5.41, 5.74) is 5.11. The number of aromatic nitrogens is 1. The van der Waals surface area contributed by atoms with E-state index in [9.17, 15) is 4.79 Å². The number of carbonyl (C=O) groups is 2. The molecule has 0 unspecified atom stereocenters. The van der Waals surface area contributed by atoms with Gasteiger partial charge in [-0.2, -0.15) is 0 Å². The van der Waals surface area contributed by atoms with Crippen LogP contribution in [0.5, 0.6) is 0 Å². The lowest BCUT2D eigenvalue weighted by Crippen LogP contribution is -3.15. The summed E-state index contributed by atoms with van der Waals surface area (Å²) >= 11 is 0. The minimum atomic E-state index is -1.08. The predicted molar refractivity (Wildman–Crippen MR) is 116 cm³/mol. The van der Waals surface area contributed by atoms with Gasteiger partial charge < -0.3 is 24.7 Å². The van der Waals surface area contributed by atoms with E-state index in [2.05, 4.69) is 59.6 Å². The molecule has 1 fully saturated rings. The number of benzene rings is 2. The Balaban J connectivity index is 0.000000589. The highest BCUT2D eigenvalue weighted by atomic mass is 16.4. The molecule has 158 valence electrons. The number of carbonyl (C=O) groups excluding carboxylic acids is 2. The number of piperazine rings is 1. The van der Waals surface area contributed by atoms with Crippen LogP contribution in [0.1, 0.15) is 19.4 Å². The highest BCUT2D eigenvalue weighted by molar-refractivity contribution is 5.90. The molecule has 0 radical (unpaired) electrons. The van der Waals surface area contributed by atoms with E-state index >= 15 is 0 Å². The van der Waals surface area contributed by atoms with Crippen LogP contribution in [0.3, 0.4) is 0 Å². The summed E-state index contributed by atoms with van der Waals surface area (Å²) in [6.07, 6.45) is 1.05. The number of fused-ring (bicyclic) bond motifs is 1. The second kappa shape index (κ2) is 10.1. The van der Waals surface area contributed by atoms with Crippen LogP contribution in [-0.2, 0) is 16.0 Å². The van der Waals surface area contributed by atoms with Crippen molar-refractivity contribution in [2.45, 2.75) is 20.3 Å². The number of quaternary nitrogens is 1. The standard InChI is InChI=1S/C22H25N3O.C2H4O2/c1-17(26)25-15-13-24(14-16-25)12-11-20-19-9-5-6-10-21(19)23-22(20)18-7-3-2-4-8-18;1-2(3)4/h2-10,23H,11-16H2,1H3;1H3,(H,3,4). The third kappa shape index (κ3) is 5.48. The quantitative estimate of drug-likeness (QED) is 0.674. The molecular formula is C24H29N3O3. The van der Waals surface area contributed by atoms with Crippen LogP contribution in [0, 0.1) is 0 Å². The number of nitrogens with zero attached hydrogens (tertiary/aromatic N) is 1. The van der Waals surface area contributed by atoms with Crippen molar-refractivity contribution in [2.24, 2.45) is 0 Å². The molecule has 2 aromatic carbocycles. The van der Waals surface area contributed by atoms with Gasteiger partial charge in [0.1, 0.15) is 0 Å². The smallest absolute Gasteiger partial charge is 0.219 e. The second-order valence-electron chi connectivity index (χ2n) is 7.64. The van der Waals surface area contributed by atoms with Gasteiger partial charge in [0.25, 0.3) is 0 Å². The van der Waals surface area contributed by atoms with Crippen LogP contribution in [0.25, 0.3) is 22.2 Å². The summed E-state index contributed by atoms with van der Waals surface area (Å²) in [5.74, 6) is -0.882. The minimum Gasteiger partial charge on any atom is -0.550 e. The molecule has 0 saturated carbocycles. The summed E-state index contributed by atoms with van der Waals surface area (Å²) in [4.78, 5) is 27.6. The Morgan fingerprint density at radius 3 is 2.23 bits per heavy atom. The number of carboxylic acid groups (broad SMARTS) is 1. The Bertz CT molecular complexity index is 985. The maximum Gasteiger partial charge on any atom is 0.219 e. The molecule has 6 heteroatoms. The van der Waals surface area contributed by atoms with Crippen LogP contribution in [0.15, 0.2) is 54.6 Å². The van der Waals surface area contributed by atoms with E-state index < -0.39 is 5.97 Å². The first-order valence-corrected chi connectivity index (χ1v) is 10.4. The number of nitrogens with one attached hydrogen (secondary N) is 2. The molecule has 0 spiro atoms. The molecule has 6 nitrogen and oxygen atoms in total. The van der Waals surface area contributed by atoms with E-state index in [1.54, 1.807) is 11.8 Å². The van der Waals surface area contributed by atoms with Gasteiger partial charge in [0.15, 0.2) is 0 Å². The van der Waals surface area contributed by atoms with E-state index in [-0.39, 0.29) is 5.91 Å². The zero-order valence-electron chi connectivity index (χ0n) is 17.6. The van der Waals surface area contributed by atoms with Crippen molar-refractivity contribution < 1.29 is 19.6 Å². The molecule has 0 atom stereocenters. The first-order valence-electron chi connectivity index (χ1n) is 10.4. The van der Waals surface area contributed by atoms with Gasteiger partial charge in [-0.3, -0.25) is 4.79 Å². The largest absolute Gasteiger partial charge is 0.550 e. The fourth-order valence-corrected chi connectivity index (χ4v) is 4.00. The van der Waals surface area contributed by atoms with Crippen LogP contribution in [0.2, 0.25) is 0 Å². The summed E-state index contributed by atoms with van der Waals surface area (Å²) < 4.78 is 0. The Labute approximate surface area is 177 Å². The normalized spacial score (nSPS) is 14.3. The lowest BCUT2D eigenvalue weighted by atomic mass is 10.0. The zero-order chi connectivity index (χ0) is 21.5. The molecule has 1 amide bonds. The van der Waals surface area contributed by atoms with E-state index in [1.807, 2.05) is 4.90 Å². The molecule has 1 aliphatic rings. The first kappa shape index (κ1) is 21.6. The monoisotopic (exact) mass is 407 g/mol. The molecule has 3 aromatic rings. The lowest BCUT2D eigenvalue weighted by Gasteiger charge is -2.31. The lowest BCUT2D eigenvalue weighted by molar-refractivity contribution is -0.903. The van der Waals surface area contributed by atoms with Crippen LogP contribution >= 0.6 is 0 Å². The Morgan fingerprint density at radius 2 is 1.60 bits per heavy atom. The van der Waals surface area contributed by atoms with Gasteiger partial charge in [-0.15, -0.1) is 0 Å². The number of hydrogen-bond acceptors (Lipinski definition) is 3. The molecule has 1 aliphatic heterocycles. The van der Waals surface area contributed by atoms with Gasteiger partial charge in [0.05, 0.1) is 32.7 Å². The van der Waals surface area contributed by atoms with Crippen LogP contribution in [0.4, 0.5) is 0 Å². The van der Waals surface area contributed by atoms with Gasteiger partial charge in [-0.05, 0) is 24.1 Å². The van der Waals surface area contributed by atoms with Gasteiger partial charge >= 0.3 is 0 Å². The number of carboxylic acids is 1. The van der Waals surface area contributed by atoms with Crippen molar-refractivity contribution in [3.05, 3.63) is 60.2 Å². The SMILES string of the molecule is CC(=O)N1CC[NH+](CCc2c(-c3ccccc3)[nH]c3ccccc23)CC1.CC(=O)[O-]. The summed E-state index contributed by atoms with van der Waals surface area (Å²) in [5, 5.41) is 10.2. The van der Waals surface area contributed by atoms with Gasteiger partial charge in [0.2, 0.25) is 5.91 Å². The fourth-order valence-electron chi connectivity index (χ4n) is 4.00. The average Bonchev–Trinajstić information content (AvgIpc) is 3.11. The number of aliphatic carboxylic acids is 1. The molecule has 0 aliphatic carbocycles. The molecular weight excluding hydrogens is 378 g/mol. The van der Waals surface area contributed by atoms with Crippen molar-refractivity contribution in [3.8, 4) is 11.3 Å². The maximum absolute atomic E-state index is 11.5. The first-order chi connectivity index (χ1) is 14.5. The number of aromatic amines is 1. The van der Waals surface area contributed by atoms with E-state index in [0.29, 0.717) is 0 Å². The number of hydrogen-bond donors (Lipinski definition) is 2. The van der Waals surface area contributed by atoms with Crippen molar-refractivity contribution >= 4 is 22.8 Å². The summed E-state index contributed by atoms with van der Waals surface area (Å²) in [6, 6.07) is 19.2. The number of para-hydroxylation sites is 1. The minimum absolute atomic E-state index is 0.201. The predicted octanol–water partition coefficient (Wildman–Crippen LogP) is 0.881. The van der Waals surface area contributed by atoms with Gasteiger partial charge in [-0.25, -0.2) is 0 Å². The van der Waals surface area contributed by atoms with Crippen molar-refractivity contribution in [3.63, 3.8) is 0 Å². The summed E-state index contributed by atoms with van der Waals surface area (Å²) in [7, 11) is 0. The van der Waals surface area contributed by atoms with E-state index in [4.69, 9.17) is 9.90 Å². The van der Waals surface area contributed by atoms with Crippen molar-refractivity contribution in [1.82, 2.24) is 9.88 Å². The van der Waals surface area contributed by atoms with E-state index in [1.165, 1.54) is 27.7 Å². The van der Waals surface area contributed by atoms with Gasteiger partial charge in [-0.1, -0.05) is 48.5 Å². The highest BCUT2D eigenvalue weighted by Gasteiger charge is 2.22. The fraction of sp³-hybridized carbons (Fsp3) is 0.333. The van der Waals surface area contributed by atoms with Crippen LogP contribution in [-0.4, -0.2) is 54.5 Å². The van der Waals surface area contributed by atoms with Crippen molar-refractivity contribution in [2.75, 3.05) is 32.7 Å². The Morgan fingerprint density at radius 1 is 1.00 bits per heavy atom. The molecule has 0 bridgehead atoms. The average molecular weight is 408 g/mol. The maximum atomic E-state index is 11.5. The molecule has 1 aromatic heterocycles. The molecule has 4 rings (SSSR count). The third-order valence-corrected chi connectivity index (χ3v) is 5.52.